The number of rotatable bonds is 4. The first-order valence-electron chi connectivity index (χ1n) is 7.50. The Labute approximate surface area is 147 Å². The van der Waals surface area contributed by atoms with E-state index in [1.807, 2.05) is 12.1 Å². The van der Waals surface area contributed by atoms with Crippen molar-refractivity contribution in [3.8, 4) is 6.07 Å². The Hall–Kier alpha value is -3.24. The molecule has 0 radical (unpaired) electrons. The molecule has 3 rings (SSSR count). The van der Waals surface area contributed by atoms with Gasteiger partial charge in [0.1, 0.15) is 5.56 Å². The van der Waals surface area contributed by atoms with Gasteiger partial charge in [0.15, 0.2) is 5.13 Å². The molecule has 1 aromatic carbocycles. The van der Waals surface area contributed by atoms with E-state index >= 15 is 0 Å². The fraction of sp³-hybridized carbons (Fsp3) is 0.111. The number of aromatic nitrogens is 2. The van der Waals surface area contributed by atoms with Crippen LogP contribution in [0.4, 0.5) is 5.13 Å². The van der Waals surface area contributed by atoms with Crippen LogP contribution in [0.3, 0.4) is 0 Å². The highest BCUT2D eigenvalue weighted by atomic mass is 32.1. The molecule has 0 atom stereocenters. The molecular weight excluding hydrogens is 336 g/mol. The Bertz CT molecular complexity index is 1010. The van der Waals surface area contributed by atoms with Crippen LogP contribution in [0.25, 0.3) is 0 Å². The van der Waals surface area contributed by atoms with Crippen molar-refractivity contribution >= 4 is 22.4 Å². The minimum Gasteiger partial charge on any atom is -0.326 e. The predicted molar refractivity (Wildman–Crippen MR) is 95.8 cm³/mol. The van der Waals surface area contributed by atoms with Gasteiger partial charge >= 0.3 is 0 Å². The van der Waals surface area contributed by atoms with E-state index in [9.17, 15) is 9.59 Å². The summed E-state index contributed by atoms with van der Waals surface area (Å²) in [6.07, 6.45) is 2.35. The first-order chi connectivity index (χ1) is 12.0. The SMILES string of the molecule is Cc1ccc(C(=O)Nc2ncc(Cc3ccc(C#N)cc3)s2)c(=O)[nH]1. The fourth-order valence-corrected chi connectivity index (χ4v) is 3.10. The van der Waals surface area contributed by atoms with Crippen LogP contribution in [0.1, 0.15) is 32.1 Å². The highest BCUT2D eigenvalue weighted by Crippen LogP contribution is 2.21. The van der Waals surface area contributed by atoms with Crippen molar-refractivity contribution < 1.29 is 4.79 Å². The molecule has 0 aliphatic heterocycles. The molecule has 0 bridgehead atoms. The number of nitriles is 1. The molecule has 0 fully saturated rings. The van der Waals surface area contributed by atoms with Gasteiger partial charge in [0.05, 0.1) is 11.6 Å². The van der Waals surface area contributed by atoms with Crippen LogP contribution in [0, 0.1) is 18.3 Å². The molecule has 6 nitrogen and oxygen atoms in total. The van der Waals surface area contributed by atoms with Gasteiger partial charge < -0.3 is 4.98 Å². The van der Waals surface area contributed by atoms with Gasteiger partial charge in [-0.2, -0.15) is 5.26 Å². The lowest BCUT2D eigenvalue weighted by Gasteiger charge is -2.01. The minimum absolute atomic E-state index is 0.0504. The Morgan fingerprint density at radius 2 is 2.04 bits per heavy atom. The standard InChI is InChI=1S/C18H14N4O2S/c1-11-2-7-15(16(23)21-11)17(24)22-18-20-10-14(25-18)8-12-3-5-13(9-19)6-4-12/h2-7,10H,8H2,1H3,(H,21,23)(H,20,22,24). The molecule has 2 aromatic heterocycles. The van der Waals surface area contributed by atoms with Crippen LogP contribution in [0.5, 0.6) is 0 Å². The fourth-order valence-electron chi connectivity index (χ4n) is 2.26. The van der Waals surface area contributed by atoms with Gasteiger partial charge in [0.2, 0.25) is 0 Å². The summed E-state index contributed by atoms with van der Waals surface area (Å²) >= 11 is 1.35. The smallest absolute Gasteiger partial charge is 0.263 e. The first-order valence-corrected chi connectivity index (χ1v) is 8.32. The maximum Gasteiger partial charge on any atom is 0.263 e. The minimum atomic E-state index is -0.486. The lowest BCUT2D eigenvalue weighted by Crippen LogP contribution is -2.23. The van der Waals surface area contributed by atoms with E-state index in [4.69, 9.17) is 5.26 Å². The number of anilines is 1. The van der Waals surface area contributed by atoms with Crippen LogP contribution in [-0.2, 0) is 6.42 Å². The van der Waals surface area contributed by atoms with E-state index in [2.05, 4.69) is 21.4 Å². The van der Waals surface area contributed by atoms with Gasteiger partial charge in [-0.25, -0.2) is 4.98 Å². The summed E-state index contributed by atoms with van der Waals surface area (Å²) in [6, 6.07) is 12.6. The molecule has 124 valence electrons. The molecule has 0 aliphatic carbocycles. The van der Waals surface area contributed by atoms with Crippen LogP contribution in [-0.4, -0.2) is 15.9 Å². The van der Waals surface area contributed by atoms with Crippen molar-refractivity contribution in [2.24, 2.45) is 0 Å². The summed E-state index contributed by atoms with van der Waals surface area (Å²) in [5.74, 6) is -0.486. The zero-order chi connectivity index (χ0) is 17.8. The van der Waals surface area contributed by atoms with Gasteiger partial charge in [0.25, 0.3) is 11.5 Å². The average molecular weight is 350 g/mol. The Balaban J connectivity index is 1.69. The highest BCUT2D eigenvalue weighted by Gasteiger charge is 2.13. The summed E-state index contributed by atoms with van der Waals surface area (Å²) in [5.41, 5.74) is 1.99. The number of H-pyrrole nitrogens is 1. The van der Waals surface area contributed by atoms with Gasteiger partial charge in [-0.15, -0.1) is 11.3 Å². The third-order valence-electron chi connectivity index (χ3n) is 3.54. The molecule has 0 spiro atoms. The number of benzene rings is 1. The number of hydrogen-bond acceptors (Lipinski definition) is 5. The largest absolute Gasteiger partial charge is 0.326 e. The number of aromatic amines is 1. The lowest BCUT2D eigenvalue weighted by atomic mass is 10.1. The summed E-state index contributed by atoms with van der Waals surface area (Å²) < 4.78 is 0. The number of carbonyl (C=O) groups excluding carboxylic acids is 1. The van der Waals surface area contributed by atoms with Gasteiger partial charge in [-0.1, -0.05) is 12.1 Å². The molecule has 0 aliphatic rings. The molecule has 0 unspecified atom stereocenters. The number of thiazole rings is 1. The zero-order valence-electron chi connectivity index (χ0n) is 13.4. The molecule has 0 saturated carbocycles. The summed E-state index contributed by atoms with van der Waals surface area (Å²) in [6.45, 7) is 1.75. The van der Waals surface area contributed by atoms with E-state index in [0.29, 0.717) is 22.8 Å². The number of amides is 1. The summed E-state index contributed by atoms with van der Waals surface area (Å²) in [4.78, 5) is 31.8. The molecule has 2 N–H and O–H groups in total. The van der Waals surface area contributed by atoms with E-state index in [-0.39, 0.29) is 5.56 Å². The first kappa shape index (κ1) is 16.6. The van der Waals surface area contributed by atoms with Gasteiger partial charge in [-0.05, 0) is 36.8 Å². The molecule has 2 heterocycles. The summed E-state index contributed by atoms with van der Waals surface area (Å²) in [5, 5.41) is 11.9. The van der Waals surface area contributed by atoms with Crippen LogP contribution in [0.15, 0.2) is 47.4 Å². The molecule has 25 heavy (non-hydrogen) atoms. The van der Waals surface area contributed by atoms with Crippen molar-refractivity contribution in [2.75, 3.05) is 5.32 Å². The maximum atomic E-state index is 12.2. The van der Waals surface area contributed by atoms with E-state index in [0.717, 1.165) is 10.4 Å². The molecular formula is C18H14N4O2S. The number of nitrogens with zero attached hydrogens (tertiary/aromatic N) is 2. The molecule has 0 saturated heterocycles. The second-order valence-corrected chi connectivity index (χ2v) is 6.57. The normalized spacial score (nSPS) is 10.2. The second-order valence-electron chi connectivity index (χ2n) is 5.46. The van der Waals surface area contributed by atoms with Crippen LogP contribution >= 0.6 is 11.3 Å². The third-order valence-corrected chi connectivity index (χ3v) is 4.45. The van der Waals surface area contributed by atoms with Crippen molar-refractivity contribution in [1.82, 2.24) is 9.97 Å². The second kappa shape index (κ2) is 7.11. The topological polar surface area (TPSA) is 98.6 Å². The molecule has 3 aromatic rings. The number of nitrogens with one attached hydrogen (secondary N) is 2. The van der Waals surface area contributed by atoms with Crippen molar-refractivity contribution in [1.29, 1.82) is 5.26 Å². The van der Waals surface area contributed by atoms with Crippen molar-refractivity contribution in [3.63, 3.8) is 0 Å². The maximum absolute atomic E-state index is 12.2. The Kier molecular flexibility index (Phi) is 4.73. The lowest BCUT2D eigenvalue weighted by molar-refractivity contribution is 0.102. The third kappa shape index (κ3) is 4.00. The number of pyridine rings is 1. The predicted octanol–water partition coefficient (Wildman–Crippen LogP) is 2.85. The van der Waals surface area contributed by atoms with Crippen LogP contribution in [0.2, 0.25) is 0 Å². The molecule has 7 heteroatoms. The van der Waals surface area contributed by atoms with Crippen molar-refractivity contribution in [3.05, 3.63) is 80.2 Å². The van der Waals surface area contributed by atoms with E-state index in [1.54, 1.807) is 31.3 Å². The monoisotopic (exact) mass is 350 g/mol. The average Bonchev–Trinajstić information content (AvgIpc) is 3.02. The number of aryl methyl sites for hydroxylation is 1. The molecule has 1 amide bonds. The number of carbonyl (C=O) groups is 1. The van der Waals surface area contributed by atoms with Crippen molar-refractivity contribution in [2.45, 2.75) is 13.3 Å². The Morgan fingerprint density at radius 1 is 1.28 bits per heavy atom. The highest BCUT2D eigenvalue weighted by molar-refractivity contribution is 7.15. The summed E-state index contributed by atoms with van der Waals surface area (Å²) in [7, 11) is 0. The quantitative estimate of drug-likeness (QED) is 0.756. The van der Waals surface area contributed by atoms with E-state index < -0.39 is 11.5 Å². The van der Waals surface area contributed by atoms with Gasteiger partial charge in [-0.3, -0.25) is 14.9 Å². The number of hydrogen-bond donors (Lipinski definition) is 2. The van der Waals surface area contributed by atoms with Gasteiger partial charge in [0, 0.05) is 23.2 Å². The zero-order valence-corrected chi connectivity index (χ0v) is 14.2. The van der Waals surface area contributed by atoms with E-state index in [1.165, 1.54) is 17.4 Å². The Morgan fingerprint density at radius 3 is 2.72 bits per heavy atom. The van der Waals surface area contributed by atoms with Crippen LogP contribution < -0.4 is 10.9 Å².